The van der Waals surface area contributed by atoms with Crippen molar-refractivity contribution in [2.45, 2.75) is 77.2 Å². The zero-order chi connectivity index (χ0) is 21.6. The molecule has 1 heterocycles. The van der Waals surface area contributed by atoms with Gasteiger partial charge in [0.05, 0.1) is 6.04 Å². The summed E-state index contributed by atoms with van der Waals surface area (Å²) in [7, 11) is 2.00. The molecule has 0 bridgehead atoms. The first-order valence-electron chi connectivity index (χ1n) is 10.5. The minimum Gasteiger partial charge on any atom is -0.597 e. The van der Waals surface area contributed by atoms with Gasteiger partial charge in [0.25, 0.3) is 0 Å². The predicted octanol–water partition coefficient (Wildman–Crippen LogP) is 4.70. The van der Waals surface area contributed by atoms with E-state index in [4.69, 9.17) is 4.74 Å². The van der Waals surface area contributed by atoms with Crippen LogP contribution in [0.5, 0.6) is 0 Å². The van der Waals surface area contributed by atoms with E-state index in [1.807, 2.05) is 53.5 Å². The number of rotatable bonds is 2. The van der Waals surface area contributed by atoms with Gasteiger partial charge in [-0.1, -0.05) is 24.3 Å². The number of hydrogen-bond donors (Lipinski definition) is 0. The van der Waals surface area contributed by atoms with E-state index < -0.39 is 17.0 Å². The van der Waals surface area contributed by atoms with Crippen molar-refractivity contribution in [3.05, 3.63) is 35.4 Å². The largest absolute Gasteiger partial charge is 0.597 e. The molecule has 3 rings (SSSR count). The summed E-state index contributed by atoms with van der Waals surface area (Å²) in [6, 6.07) is 8.65. The number of ether oxygens (including phenoxy) is 1. The highest BCUT2D eigenvalue weighted by molar-refractivity contribution is 7.90. The summed E-state index contributed by atoms with van der Waals surface area (Å²) in [5.41, 5.74) is 2.15. The van der Waals surface area contributed by atoms with Crippen LogP contribution in [-0.2, 0) is 22.5 Å². The van der Waals surface area contributed by atoms with Crippen LogP contribution in [0.15, 0.2) is 24.3 Å². The Morgan fingerprint density at radius 3 is 2.31 bits per heavy atom. The Bertz CT molecular complexity index is 745. The molecule has 1 aromatic rings. The highest BCUT2D eigenvalue weighted by atomic mass is 32.2. The number of carbonyl (C=O) groups excluding carboxylic acids is 1. The van der Waals surface area contributed by atoms with Gasteiger partial charge in [-0.25, -0.2) is 4.79 Å². The molecule has 1 amide bonds. The Labute approximate surface area is 179 Å². The highest BCUT2D eigenvalue weighted by Gasteiger charge is 2.53. The molecule has 1 aliphatic carbocycles. The maximum absolute atomic E-state index is 13.3. The maximum Gasteiger partial charge on any atom is 0.410 e. The third kappa shape index (κ3) is 4.59. The maximum atomic E-state index is 13.3. The molecule has 0 N–H and O–H groups in total. The lowest BCUT2D eigenvalue weighted by molar-refractivity contribution is 0.00171. The molecule has 29 heavy (non-hydrogen) atoms. The van der Waals surface area contributed by atoms with Gasteiger partial charge in [0, 0.05) is 36.9 Å². The van der Waals surface area contributed by atoms with Gasteiger partial charge in [-0.05, 0) is 71.9 Å². The molecule has 0 saturated carbocycles. The molecule has 1 aromatic carbocycles. The van der Waals surface area contributed by atoms with Crippen LogP contribution < -0.4 is 0 Å². The average Bonchev–Trinajstić information content (AvgIpc) is 2.92. The van der Waals surface area contributed by atoms with E-state index in [2.05, 4.69) is 28.6 Å². The molecule has 0 radical (unpaired) electrons. The number of nitrogens with zero attached hydrogens (tertiary/aromatic N) is 2. The van der Waals surface area contributed by atoms with Crippen molar-refractivity contribution >= 4 is 17.5 Å². The normalized spacial score (nSPS) is 22.7. The molecular weight excluding hydrogens is 384 g/mol. The number of amides is 1. The number of benzene rings is 1. The van der Waals surface area contributed by atoms with E-state index in [9.17, 15) is 9.35 Å². The average molecular weight is 421 g/mol. The van der Waals surface area contributed by atoms with Gasteiger partial charge in [-0.2, -0.15) is 0 Å². The molecule has 1 fully saturated rings. The van der Waals surface area contributed by atoms with Crippen LogP contribution in [0.2, 0.25) is 0 Å². The number of piperidine rings is 1. The van der Waals surface area contributed by atoms with Crippen LogP contribution in [-0.4, -0.2) is 50.3 Å². The van der Waals surface area contributed by atoms with Crippen LogP contribution >= 0.6 is 0 Å². The molecular formula is C23H36N2O3S. The lowest BCUT2D eigenvalue weighted by atomic mass is 9.73. The second-order valence-electron chi connectivity index (χ2n) is 10.5. The molecule has 2 atom stereocenters. The van der Waals surface area contributed by atoms with Crippen LogP contribution in [0.1, 0.15) is 71.6 Å². The molecule has 1 aliphatic heterocycles. The van der Waals surface area contributed by atoms with Gasteiger partial charge in [-0.15, -0.1) is 4.31 Å². The topological polar surface area (TPSA) is 55.8 Å². The second kappa shape index (κ2) is 7.78. The van der Waals surface area contributed by atoms with Gasteiger partial charge in [0.2, 0.25) is 0 Å². The van der Waals surface area contributed by atoms with Gasteiger partial charge in [-0.3, -0.25) is 0 Å². The van der Waals surface area contributed by atoms with Gasteiger partial charge in [0.15, 0.2) is 0 Å². The van der Waals surface area contributed by atoms with Crippen molar-refractivity contribution in [3.8, 4) is 0 Å². The fraction of sp³-hybridized carbons (Fsp3) is 0.696. The third-order valence-electron chi connectivity index (χ3n) is 6.03. The van der Waals surface area contributed by atoms with E-state index in [1.54, 1.807) is 0 Å². The van der Waals surface area contributed by atoms with E-state index >= 15 is 0 Å². The minimum absolute atomic E-state index is 0.00212. The molecule has 162 valence electrons. The summed E-state index contributed by atoms with van der Waals surface area (Å²) in [6.45, 7) is 13.1. The molecule has 6 heteroatoms. The zero-order valence-corrected chi connectivity index (χ0v) is 19.8. The smallest absolute Gasteiger partial charge is 0.410 e. The number of carbonyl (C=O) groups is 1. The summed E-state index contributed by atoms with van der Waals surface area (Å²) in [6.07, 6.45) is 2.52. The summed E-state index contributed by atoms with van der Waals surface area (Å²) in [5.74, 6) is 0. The van der Waals surface area contributed by atoms with Crippen LogP contribution in [0.3, 0.4) is 0 Å². The van der Waals surface area contributed by atoms with Crippen LogP contribution in [0, 0.1) is 5.41 Å². The summed E-state index contributed by atoms with van der Waals surface area (Å²) in [4.78, 5) is 14.4. The monoisotopic (exact) mass is 420 g/mol. The molecule has 1 spiro atoms. The lowest BCUT2D eigenvalue weighted by Crippen LogP contribution is -2.51. The summed E-state index contributed by atoms with van der Waals surface area (Å²) >= 11 is -1.11. The van der Waals surface area contributed by atoms with Gasteiger partial charge in [0.1, 0.15) is 10.3 Å². The van der Waals surface area contributed by atoms with Crippen molar-refractivity contribution < 1.29 is 14.1 Å². The van der Waals surface area contributed by atoms with E-state index in [-0.39, 0.29) is 22.3 Å². The molecule has 1 unspecified atom stereocenters. The van der Waals surface area contributed by atoms with Crippen molar-refractivity contribution in [3.63, 3.8) is 0 Å². The van der Waals surface area contributed by atoms with E-state index in [0.29, 0.717) is 13.1 Å². The first-order chi connectivity index (χ1) is 13.3. The van der Waals surface area contributed by atoms with Crippen molar-refractivity contribution in [2.24, 2.45) is 5.41 Å². The Morgan fingerprint density at radius 2 is 1.76 bits per heavy atom. The third-order valence-corrected chi connectivity index (χ3v) is 7.81. The fourth-order valence-electron chi connectivity index (χ4n) is 4.79. The van der Waals surface area contributed by atoms with Crippen LogP contribution in [0.25, 0.3) is 0 Å². The Balaban J connectivity index is 1.84. The summed E-state index contributed by atoms with van der Waals surface area (Å²) in [5, 5.41) is 0. The minimum atomic E-state index is -1.11. The quantitative estimate of drug-likeness (QED) is 0.651. The highest BCUT2D eigenvalue weighted by Crippen LogP contribution is 2.55. The standard InChI is InChI=1S/C23H36N2O3S/c1-21(2,3)28-20(26)25-14-12-23(13-15-25)16-17-10-8-9-11-18(17)19(23)24(7)29(27)22(4,5)6/h8-11,19H,12-16H2,1-7H3/t19-,29?/m1/s1. The number of hydrogen-bond acceptors (Lipinski definition) is 4. The second-order valence-corrected chi connectivity index (χ2v) is 12.8. The summed E-state index contributed by atoms with van der Waals surface area (Å²) < 4.78 is 20.6. The Morgan fingerprint density at radius 1 is 1.17 bits per heavy atom. The van der Waals surface area contributed by atoms with E-state index in [0.717, 1.165) is 19.3 Å². The Hall–Kier alpha value is -1.24. The number of fused-ring (bicyclic) bond motifs is 1. The zero-order valence-electron chi connectivity index (χ0n) is 18.9. The lowest BCUT2D eigenvalue weighted by Gasteiger charge is -2.46. The SMILES string of the molecule is CN([C@@H]1c2ccccc2CC12CCN(C(=O)OC(C)(C)C)CC2)[S+]([O-])C(C)(C)C. The van der Waals surface area contributed by atoms with Crippen molar-refractivity contribution in [1.29, 1.82) is 0 Å². The fourth-order valence-corrected chi connectivity index (χ4v) is 6.18. The predicted molar refractivity (Wildman–Crippen MR) is 118 cm³/mol. The molecule has 5 nitrogen and oxygen atoms in total. The molecule has 2 aliphatic rings. The Kier molecular flexibility index (Phi) is 6.03. The first kappa shape index (κ1) is 22.4. The van der Waals surface area contributed by atoms with Gasteiger partial charge < -0.3 is 14.2 Å². The van der Waals surface area contributed by atoms with Crippen molar-refractivity contribution in [2.75, 3.05) is 20.1 Å². The first-order valence-corrected chi connectivity index (χ1v) is 11.7. The number of likely N-dealkylation sites (tertiary alicyclic amines) is 1. The van der Waals surface area contributed by atoms with Gasteiger partial charge >= 0.3 is 6.09 Å². The van der Waals surface area contributed by atoms with Crippen LogP contribution in [0.4, 0.5) is 4.79 Å². The molecule has 0 aromatic heterocycles. The van der Waals surface area contributed by atoms with Crippen molar-refractivity contribution in [1.82, 2.24) is 9.21 Å². The molecule has 1 saturated heterocycles. The van der Waals surface area contributed by atoms with E-state index in [1.165, 1.54) is 11.1 Å².